The largest absolute Gasteiger partial charge is 0.481 e. The van der Waals surface area contributed by atoms with Crippen LogP contribution >= 0.6 is 0 Å². The highest BCUT2D eigenvalue weighted by atomic mass is 16.5. The van der Waals surface area contributed by atoms with Gasteiger partial charge in [0, 0.05) is 18.5 Å². The van der Waals surface area contributed by atoms with Crippen LogP contribution < -0.4 is 5.32 Å². The maximum Gasteiger partial charge on any atom is 0.407 e. The number of amides is 2. The molecule has 2 aromatic carbocycles. The Morgan fingerprint density at radius 1 is 1.06 bits per heavy atom. The Morgan fingerprint density at radius 2 is 1.63 bits per heavy atom. The first kappa shape index (κ1) is 26.0. The van der Waals surface area contributed by atoms with Crippen LogP contribution in [0.15, 0.2) is 60.2 Å². The van der Waals surface area contributed by atoms with E-state index in [0.29, 0.717) is 13.0 Å². The number of carboxylic acid groups (broad SMARTS) is 1. The van der Waals surface area contributed by atoms with E-state index in [1.54, 1.807) is 13.8 Å². The van der Waals surface area contributed by atoms with Crippen LogP contribution in [0.4, 0.5) is 4.79 Å². The third kappa shape index (κ3) is 6.29. The van der Waals surface area contributed by atoms with Crippen molar-refractivity contribution in [2.45, 2.75) is 58.5 Å². The van der Waals surface area contributed by atoms with Crippen LogP contribution in [-0.4, -0.2) is 53.2 Å². The highest BCUT2D eigenvalue weighted by molar-refractivity contribution is 5.86. The van der Waals surface area contributed by atoms with Crippen molar-refractivity contribution < 1.29 is 24.2 Å². The van der Waals surface area contributed by atoms with E-state index in [2.05, 4.69) is 17.4 Å². The second kappa shape index (κ2) is 11.7. The Morgan fingerprint density at radius 3 is 2.14 bits per heavy atom. The zero-order valence-electron chi connectivity index (χ0n) is 20.8. The van der Waals surface area contributed by atoms with Gasteiger partial charge in [-0.05, 0) is 56.4 Å². The average Bonchev–Trinajstić information content (AvgIpc) is 3.14. The lowest BCUT2D eigenvalue weighted by molar-refractivity contribution is -0.141. The van der Waals surface area contributed by atoms with Gasteiger partial charge in [-0.1, -0.05) is 60.2 Å². The van der Waals surface area contributed by atoms with Crippen LogP contribution in [0.1, 0.15) is 57.6 Å². The molecule has 3 rings (SSSR count). The predicted octanol–water partition coefficient (Wildman–Crippen LogP) is 4.96. The van der Waals surface area contributed by atoms with E-state index < -0.39 is 24.1 Å². The number of likely N-dealkylation sites (N-methyl/N-ethyl adjacent to an activating group) is 1. The Bertz CT molecular complexity index is 1060. The summed E-state index contributed by atoms with van der Waals surface area (Å²) in [6.07, 6.45) is 1.33. The van der Waals surface area contributed by atoms with Crippen LogP contribution in [0.25, 0.3) is 11.1 Å². The Balaban J connectivity index is 1.72. The molecule has 0 heterocycles. The van der Waals surface area contributed by atoms with Gasteiger partial charge in [0.15, 0.2) is 0 Å². The maximum atomic E-state index is 13.3. The molecule has 1 aliphatic carbocycles. The highest BCUT2D eigenvalue weighted by Gasteiger charge is 2.31. The second-order valence-corrected chi connectivity index (χ2v) is 9.11. The molecule has 2 aromatic rings. The fourth-order valence-electron chi connectivity index (χ4n) is 4.61. The first-order chi connectivity index (χ1) is 16.7. The number of fused-ring (bicyclic) bond motifs is 3. The summed E-state index contributed by atoms with van der Waals surface area (Å²) in [6, 6.07) is 14.8. The molecule has 0 spiro atoms. The van der Waals surface area contributed by atoms with Gasteiger partial charge in [0.1, 0.15) is 12.6 Å². The number of hydrogen-bond donors (Lipinski definition) is 2. The van der Waals surface area contributed by atoms with E-state index in [9.17, 15) is 14.4 Å². The topological polar surface area (TPSA) is 95.9 Å². The average molecular weight is 479 g/mol. The lowest BCUT2D eigenvalue weighted by Gasteiger charge is -2.31. The van der Waals surface area contributed by atoms with Crippen molar-refractivity contribution in [3.8, 4) is 11.1 Å². The molecule has 186 valence electrons. The second-order valence-electron chi connectivity index (χ2n) is 9.11. The van der Waals surface area contributed by atoms with Gasteiger partial charge in [0.25, 0.3) is 0 Å². The number of aliphatic carboxylic acids is 1. The minimum absolute atomic E-state index is 0.0807. The highest BCUT2D eigenvalue weighted by Crippen LogP contribution is 2.44. The molecule has 2 amide bonds. The van der Waals surface area contributed by atoms with Crippen LogP contribution in [0.2, 0.25) is 0 Å². The van der Waals surface area contributed by atoms with Crippen LogP contribution in [0, 0.1) is 0 Å². The molecule has 0 saturated carbocycles. The van der Waals surface area contributed by atoms with Crippen molar-refractivity contribution in [1.29, 1.82) is 0 Å². The molecule has 0 bridgehead atoms. The van der Waals surface area contributed by atoms with Gasteiger partial charge < -0.3 is 20.1 Å². The summed E-state index contributed by atoms with van der Waals surface area (Å²) in [6.45, 7) is 7.81. The van der Waals surface area contributed by atoms with Crippen LogP contribution in [0.5, 0.6) is 0 Å². The van der Waals surface area contributed by atoms with Crippen LogP contribution in [-0.2, 0) is 14.3 Å². The molecule has 1 aliphatic rings. The summed E-state index contributed by atoms with van der Waals surface area (Å²) < 4.78 is 5.63. The number of nitrogens with one attached hydrogen (secondary N) is 1. The zero-order chi connectivity index (χ0) is 25.5. The normalized spacial score (nSPS) is 13.7. The number of rotatable bonds is 10. The Labute approximate surface area is 206 Å². The molecule has 2 atom stereocenters. The van der Waals surface area contributed by atoms with Crippen molar-refractivity contribution in [3.05, 3.63) is 71.3 Å². The molecule has 7 nitrogen and oxygen atoms in total. The molecule has 7 heteroatoms. The molecule has 0 saturated heterocycles. The molecule has 0 radical (unpaired) electrons. The van der Waals surface area contributed by atoms with Crippen LogP contribution in [0.3, 0.4) is 0 Å². The molecule has 2 N–H and O–H groups in total. The lowest BCUT2D eigenvalue weighted by Crippen LogP contribution is -2.51. The van der Waals surface area contributed by atoms with Crippen molar-refractivity contribution in [2.24, 2.45) is 0 Å². The fraction of sp³-hybridized carbons (Fsp3) is 0.393. The summed E-state index contributed by atoms with van der Waals surface area (Å²) in [5, 5.41) is 11.9. The molecule has 0 aromatic heterocycles. The first-order valence-corrected chi connectivity index (χ1v) is 12.0. The summed E-state index contributed by atoms with van der Waals surface area (Å²) >= 11 is 0. The molecule has 0 fully saturated rings. The molecule has 2 unspecified atom stereocenters. The van der Waals surface area contributed by atoms with E-state index in [1.165, 1.54) is 4.90 Å². The fourth-order valence-corrected chi connectivity index (χ4v) is 4.61. The quantitative estimate of drug-likeness (QED) is 0.471. The van der Waals surface area contributed by atoms with Crippen molar-refractivity contribution >= 4 is 18.0 Å². The zero-order valence-corrected chi connectivity index (χ0v) is 20.8. The standard InChI is InChI=1S/C28H34N2O5/c1-5-30(19(4)16-26(31)32)27(33)25(15-14-18(2)3)29-28(34)35-17-24-22-12-8-6-10-20(22)21-11-7-9-13-23(21)24/h6-14,19,24-25H,5,15-17H2,1-4H3,(H,29,34)(H,31,32). The molecule has 35 heavy (non-hydrogen) atoms. The maximum absolute atomic E-state index is 13.3. The number of nitrogens with zero attached hydrogens (tertiary/aromatic N) is 1. The molecule has 0 aliphatic heterocycles. The van der Waals surface area contributed by atoms with Gasteiger partial charge in [0.05, 0.1) is 6.42 Å². The lowest BCUT2D eigenvalue weighted by atomic mass is 9.98. The number of benzene rings is 2. The number of ether oxygens (including phenoxy) is 1. The number of alkyl carbamates (subject to hydrolysis) is 1. The van der Waals surface area contributed by atoms with Crippen molar-refractivity contribution in [2.75, 3.05) is 13.2 Å². The number of allylic oxidation sites excluding steroid dienone is 1. The number of hydrogen-bond acceptors (Lipinski definition) is 4. The summed E-state index contributed by atoms with van der Waals surface area (Å²) in [5.41, 5.74) is 5.51. The van der Waals surface area contributed by atoms with E-state index in [0.717, 1.165) is 27.8 Å². The summed E-state index contributed by atoms with van der Waals surface area (Å²) in [7, 11) is 0. The third-order valence-electron chi connectivity index (χ3n) is 6.32. The number of carboxylic acids is 1. The van der Waals surface area contributed by atoms with E-state index in [4.69, 9.17) is 9.84 Å². The minimum Gasteiger partial charge on any atom is -0.481 e. The molecular formula is C28H34N2O5. The van der Waals surface area contributed by atoms with E-state index >= 15 is 0 Å². The smallest absolute Gasteiger partial charge is 0.407 e. The van der Waals surface area contributed by atoms with Crippen molar-refractivity contribution in [1.82, 2.24) is 10.2 Å². The van der Waals surface area contributed by atoms with E-state index in [1.807, 2.05) is 56.3 Å². The van der Waals surface area contributed by atoms with Gasteiger partial charge in [-0.15, -0.1) is 0 Å². The Hall–Kier alpha value is -3.61. The third-order valence-corrected chi connectivity index (χ3v) is 6.32. The number of carbonyl (C=O) groups is 3. The number of carbonyl (C=O) groups excluding carboxylic acids is 2. The monoisotopic (exact) mass is 478 g/mol. The summed E-state index contributed by atoms with van der Waals surface area (Å²) in [5.74, 6) is -1.39. The minimum atomic E-state index is -0.978. The van der Waals surface area contributed by atoms with Gasteiger partial charge >= 0.3 is 12.1 Å². The SMILES string of the molecule is CCN(C(=O)C(CC=C(C)C)NC(=O)OCC1c2ccccc2-c2ccccc21)C(C)CC(=O)O. The Kier molecular flexibility index (Phi) is 8.68. The first-order valence-electron chi connectivity index (χ1n) is 12.0. The van der Waals surface area contributed by atoms with Gasteiger partial charge in [0.2, 0.25) is 5.91 Å². The predicted molar refractivity (Wildman–Crippen MR) is 135 cm³/mol. The molecular weight excluding hydrogens is 444 g/mol. The van der Waals surface area contributed by atoms with E-state index in [-0.39, 0.29) is 24.9 Å². The van der Waals surface area contributed by atoms with Gasteiger partial charge in [-0.25, -0.2) is 4.79 Å². The van der Waals surface area contributed by atoms with Gasteiger partial charge in [-0.3, -0.25) is 9.59 Å². The summed E-state index contributed by atoms with van der Waals surface area (Å²) in [4.78, 5) is 38.7. The van der Waals surface area contributed by atoms with Gasteiger partial charge in [-0.2, -0.15) is 0 Å². The van der Waals surface area contributed by atoms with Crippen molar-refractivity contribution in [3.63, 3.8) is 0 Å².